The summed E-state index contributed by atoms with van der Waals surface area (Å²) < 4.78 is 0. The third-order valence-electron chi connectivity index (χ3n) is 2.73. The number of hydrogen-bond acceptors (Lipinski definition) is 3. The number of carbonyl (C=O) groups excluding carboxylic acids is 1. The third-order valence-corrected chi connectivity index (χ3v) is 3.06. The summed E-state index contributed by atoms with van der Waals surface area (Å²) in [6.45, 7) is 1.76. The van der Waals surface area contributed by atoms with Crippen LogP contribution in [0.2, 0.25) is 5.02 Å². The first-order valence-electron chi connectivity index (χ1n) is 5.96. The van der Waals surface area contributed by atoms with Crippen LogP contribution in [0.25, 0.3) is 0 Å². The summed E-state index contributed by atoms with van der Waals surface area (Å²) in [6, 6.07) is 13.3. The highest BCUT2D eigenvalue weighted by molar-refractivity contribution is 6.33. The highest BCUT2D eigenvalue weighted by Gasteiger charge is 2.08. The molecule has 0 spiro atoms. The van der Waals surface area contributed by atoms with Crippen molar-refractivity contribution in [1.29, 1.82) is 0 Å². The Bertz CT molecular complexity index is 651. The quantitative estimate of drug-likeness (QED) is 0.673. The van der Waals surface area contributed by atoms with Crippen LogP contribution < -0.4 is 5.43 Å². The van der Waals surface area contributed by atoms with E-state index in [0.29, 0.717) is 16.3 Å². The number of rotatable bonds is 3. The molecule has 0 aliphatic carbocycles. The minimum absolute atomic E-state index is 0.182. The van der Waals surface area contributed by atoms with Crippen LogP contribution in [-0.2, 0) is 0 Å². The Morgan fingerprint density at radius 3 is 2.45 bits per heavy atom. The van der Waals surface area contributed by atoms with E-state index >= 15 is 0 Å². The average molecular weight is 289 g/mol. The van der Waals surface area contributed by atoms with Gasteiger partial charge in [0.05, 0.1) is 16.3 Å². The minimum atomic E-state index is -0.367. The van der Waals surface area contributed by atoms with Crippen molar-refractivity contribution in [2.75, 3.05) is 0 Å². The van der Waals surface area contributed by atoms with Crippen LogP contribution in [-0.4, -0.2) is 16.7 Å². The number of phenols is 1. The predicted molar refractivity (Wildman–Crippen MR) is 79.2 cm³/mol. The molecular weight excluding hydrogens is 276 g/mol. The lowest BCUT2D eigenvalue weighted by atomic mass is 10.1. The predicted octanol–water partition coefficient (Wildman–Crippen LogP) is 3.20. The van der Waals surface area contributed by atoms with Crippen LogP contribution in [0.3, 0.4) is 0 Å². The molecule has 2 aromatic rings. The zero-order chi connectivity index (χ0) is 14.5. The van der Waals surface area contributed by atoms with Gasteiger partial charge in [0.2, 0.25) is 0 Å². The summed E-state index contributed by atoms with van der Waals surface area (Å²) in [7, 11) is 0. The molecule has 0 unspecified atom stereocenters. The van der Waals surface area contributed by atoms with Crippen molar-refractivity contribution in [3.05, 3.63) is 64.7 Å². The molecule has 2 aromatic carbocycles. The molecule has 20 heavy (non-hydrogen) atoms. The number of hydrogen-bond donors (Lipinski definition) is 2. The Morgan fingerprint density at radius 1 is 1.15 bits per heavy atom. The van der Waals surface area contributed by atoms with E-state index in [-0.39, 0.29) is 11.7 Å². The minimum Gasteiger partial charge on any atom is -0.508 e. The number of carbonyl (C=O) groups is 1. The molecule has 1 amide bonds. The monoisotopic (exact) mass is 288 g/mol. The van der Waals surface area contributed by atoms with Gasteiger partial charge in [-0.3, -0.25) is 4.79 Å². The fraction of sp³-hybridized carbons (Fsp3) is 0.0667. The first-order valence-corrected chi connectivity index (χ1v) is 6.34. The molecule has 2 N–H and O–H groups in total. The first-order chi connectivity index (χ1) is 9.58. The van der Waals surface area contributed by atoms with Gasteiger partial charge in [0.15, 0.2) is 0 Å². The summed E-state index contributed by atoms with van der Waals surface area (Å²) in [5.74, 6) is -0.185. The van der Waals surface area contributed by atoms with E-state index < -0.39 is 0 Å². The summed E-state index contributed by atoms with van der Waals surface area (Å²) in [5.41, 5.74) is 4.26. The third kappa shape index (κ3) is 3.36. The first kappa shape index (κ1) is 14.1. The van der Waals surface area contributed by atoms with Gasteiger partial charge in [0, 0.05) is 0 Å². The maximum Gasteiger partial charge on any atom is 0.272 e. The van der Waals surface area contributed by atoms with Crippen LogP contribution in [0, 0.1) is 0 Å². The molecule has 0 saturated heterocycles. The second-order valence-electron chi connectivity index (χ2n) is 4.16. The van der Waals surface area contributed by atoms with Gasteiger partial charge in [-0.2, -0.15) is 5.10 Å². The number of halogens is 1. The van der Waals surface area contributed by atoms with E-state index in [0.717, 1.165) is 5.56 Å². The maximum atomic E-state index is 11.9. The summed E-state index contributed by atoms with van der Waals surface area (Å²) >= 11 is 5.93. The van der Waals surface area contributed by atoms with E-state index in [2.05, 4.69) is 10.5 Å². The number of hydrazone groups is 1. The van der Waals surface area contributed by atoms with Crippen LogP contribution in [0.4, 0.5) is 0 Å². The second-order valence-corrected chi connectivity index (χ2v) is 4.57. The summed E-state index contributed by atoms with van der Waals surface area (Å²) in [4.78, 5) is 11.9. The number of amides is 1. The average Bonchev–Trinajstić information content (AvgIpc) is 2.45. The van der Waals surface area contributed by atoms with Gasteiger partial charge in [0.1, 0.15) is 5.75 Å². The second kappa shape index (κ2) is 6.21. The lowest BCUT2D eigenvalue weighted by molar-refractivity contribution is 0.0955. The van der Waals surface area contributed by atoms with Gasteiger partial charge in [-0.15, -0.1) is 0 Å². The number of nitrogens with zero attached hydrogens (tertiary/aromatic N) is 1. The van der Waals surface area contributed by atoms with Crippen molar-refractivity contribution in [3.8, 4) is 5.75 Å². The molecule has 0 aliphatic heterocycles. The topological polar surface area (TPSA) is 61.7 Å². The number of nitrogens with one attached hydrogen (secondary N) is 1. The molecule has 5 heteroatoms. The van der Waals surface area contributed by atoms with Crippen molar-refractivity contribution in [2.45, 2.75) is 6.92 Å². The molecule has 0 heterocycles. The largest absolute Gasteiger partial charge is 0.508 e. The molecule has 0 aromatic heterocycles. The van der Waals surface area contributed by atoms with Crippen molar-refractivity contribution < 1.29 is 9.90 Å². The molecule has 0 radical (unpaired) electrons. The van der Waals surface area contributed by atoms with Crippen molar-refractivity contribution in [3.63, 3.8) is 0 Å². The van der Waals surface area contributed by atoms with Gasteiger partial charge >= 0.3 is 0 Å². The smallest absolute Gasteiger partial charge is 0.272 e. The number of aromatic hydroxyl groups is 1. The molecule has 0 fully saturated rings. The van der Waals surface area contributed by atoms with Crippen molar-refractivity contribution >= 4 is 23.2 Å². The van der Waals surface area contributed by atoms with Crippen LogP contribution in [0.15, 0.2) is 53.6 Å². The Kier molecular flexibility index (Phi) is 4.38. The molecule has 0 saturated carbocycles. The Hall–Kier alpha value is -2.33. The van der Waals surface area contributed by atoms with E-state index in [1.807, 2.05) is 0 Å². The van der Waals surface area contributed by atoms with Gasteiger partial charge < -0.3 is 5.11 Å². The van der Waals surface area contributed by atoms with E-state index in [9.17, 15) is 9.90 Å². The summed E-state index contributed by atoms with van der Waals surface area (Å²) in [6.07, 6.45) is 0. The molecule has 102 valence electrons. The summed E-state index contributed by atoms with van der Waals surface area (Å²) in [5, 5.41) is 13.6. The van der Waals surface area contributed by atoms with Gasteiger partial charge in [0.25, 0.3) is 5.91 Å². The fourth-order valence-corrected chi connectivity index (χ4v) is 1.83. The fourth-order valence-electron chi connectivity index (χ4n) is 1.61. The molecule has 0 atom stereocenters. The highest BCUT2D eigenvalue weighted by atomic mass is 35.5. The van der Waals surface area contributed by atoms with Crippen LogP contribution >= 0.6 is 11.6 Å². The Labute approximate surface area is 121 Å². The molecule has 0 aliphatic rings. The molecular formula is C15H13ClN2O2. The lowest BCUT2D eigenvalue weighted by Crippen LogP contribution is -2.19. The highest BCUT2D eigenvalue weighted by Crippen LogP contribution is 2.14. The van der Waals surface area contributed by atoms with E-state index in [1.54, 1.807) is 55.5 Å². The zero-order valence-electron chi connectivity index (χ0n) is 10.8. The molecule has 0 bridgehead atoms. The van der Waals surface area contributed by atoms with Crippen molar-refractivity contribution in [1.82, 2.24) is 5.43 Å². The normalized spacial score (nSPS) is 11.2. The molecule has 4 nitrogen and oxygen atoms in total. The van der Waals surface area contributed by atoms with E-state index in [1.165, 1.54) is 0 Å². The lowest BCUT2D eigenvalue weighted by Gasteiger charge is -2.04. The van der Waals surface area contributed by atoms with Crippen molar-refractivity contribution in [2.24, 2.45) is 5.10 Å². The number of phenolic OH excluding ortho intramolecular Hbond substituents is 1. The van der Waals surface area contributed by atoms with Gasteiger partial charge in [-0.05, 0) is 48.9 Å². The van der Waals surface area contributed by atoms with Crippen LogP contribution in [0.1, 0.15) is 22.8 Å². The standard InChI is InChI=1S/C15H13ClN2O2/c1-10(11-6-8-12(19)9-7-11)17-18-15(20)13-4-2-3-5-14(13)16/h2-9,19H,1H3,(H,18,20)/b17-10-. The number of benzene rings is 2. The maximum absolute atomic E-state index is 11.9. The Morgan fingerprint density at radius 2 is 1.80 bits per heavy atom. The Balaban J connectivity index is 2.11. The SMILES string of the molecule is C/C(=N/NC(=O)c1ccccc1Cl)c1ccc(O)cc1. The van der Waals surface area contributed by atoms with Gasteiger partial charge in [-0.1, -0.05) is 23.7 Å². The zero-order valence-corrected chi connectivity index (χ0v) is 11.6. The molecule has 2 rings (SSSR count). The van der Waals surface area contributed by atoms with E-state index in [4.69, 9.17) is 11.6 Å². The van der Waals surface area contributed by atoms with Crippen LogP contribution in [0.5, 0.6) is 5.75 Å². The van der Waals surface area contributed by atoms with Gasteiger partial charge in [-0.25, -0.2) is 5.43 Å².